The lowest BCUT2D eigenvalue weighted by Gasteiger charge is -2.41. The molecule has 0 saturated carbocycles. The van der Waals surface area contributed by atoms with Gasteiger partial charge in [-0.25, -0.2) is 9.18 Å². The highest BCUT2D eigenvalue weighted by Gasteiger charge is 2.28. The van der Waals surface area contributed by atoms with Crippen LogP contribution in [0.2, 0.25) is 0 Å². The van der Waals surface area contributed by atoms with E-state index in [4.69, 9.17) is 5.11 Å². The maximum Gasteiger partial charge on any atom is 0.338 e. The van der Waals surface area contributed by atoms with Gasteiger partial charge in [0.1, 0.15) is 5.82 Å². The fourth-order valence-corrected chi connectivity index (χ4v) is 2.50. The van der Waals surface area contributed by atoms with Gasteiger partial charge in [-0.15, -0.1) is 0 Å². The third-order valence-corrected chi connectivity index (χ3v) is 3.70. The number of halogens is 1. The van der Waals surface area contributed by atoms with Crippen LogP contribution < -0.4 is 4.90 Å². The van der Waals surface area contributed by atoms with Gasteiger partial charge in [-0.3, -0.25) is 0 Å². The molecule has 0 spiro atoms. The summed E-state index contributed by atoms with van der Waals surface area (Å²) in [6.07, 6.45) is 0. The molecule has 1 aliphatic rings. The van der Waals surface area contributed by atoms with Gasteiger partial charge in [0.2, 0.25) is 0 Å². The number of aromatic carboxylic acids is 1. The van der Waals surface area contributed by atoms with Gasteiger partial charge in [0, 0.05) is 24.7 Å². The molecule has 1 N–H and O–H groups in total. The number of carboxylic acids is 1. The van der Waals surface area contributed by atoms with Crippen LogP contribution >= 0.6 is 0 Å². The number of carboxylic acid groups (broad SMARTS) is 1. The van der Waals surface area contributed by atoms with E-state index >= 15 is 0 Å². The molecule has 2 aromatic carbocycles. The van der Waals surface area contributed by atoms with Crippen LogP contribution in [0.15, 0.2) is 48.5 Å². The minimum Gasteiger partial charge on any atom is -0.478 e. The molecule has 1 fully saturated rings. The molecule has 0 bridgehead atoms. The maximum atomic E-state index is 13.6. The molecule has 1 saturated heterocycles. The lowest BCUT2D eigenvalue weighted by molar-refractivity contribution is 0.0692. The van der Waals surface area contributed by atoms with Crippen molar-refractivity contribution in [2.45, 2.75) is 5.92 Å². The Morgan fingerprint density at radius 1 is 1.15 bits per heavy atom. The van der Waals surface area contributed by atoms with Gasteiger partial charge in [-0.1, -0.05) is 30.3 Å². The Morgan fingerprint density at radius 3 is 2.45 bits per heavy atom. The molecule has 1 heterocycles. The first-order valence-corrected chi connectivity index (χ1v) is 6.48. The second-order valence-electron chi connectivity index (χ2n) is 4.98. The standard InChI is InChI=1S/C16H14FNO2/c17-15-8-13(6-7-14(15)16(19)20)18-9-12(10-18)11-4-2-1-3-5-11/h1-8,12H,9-10H2,(H,19,20). The predicted octanol–water partition coefficient (Wildman–Crippen LogP) is 3.13. The molecule has 0 radical (unpaired) electrons. The molecule has 4 heteroatoms. The molecule has 0 aliphatic carbocycles. The van der Waals surface area contributed by atoms with E-state index in [2.05, 4.69) is 12.1 Å². The van der Waals surface area contributed by atoms with Gasteiger partial charge in [0.15, 0.2) is 0 Å². The SMILES string of the molecule is O=C(O)c1ccc(N2CC(c3ccccc3)C2)cc1F. The van der Waals surface area contributed by atoms with Crippen LogP contribution in [-0.4, -0.2) is 24.2 Å². The Bertz CT molecular complexity index is 636. The monoisotopic (exact) mass is 271 g/mol. The minimum atomic E-state index is -1.24. The van der Waals surface area contributed by atoms with Crippen LogP contribution in [0.1, 0.15) is 21.8 Å². The smallest absolute Gasteiger partial charge is 0.338 e. The summed E-state index contributed by atoms with van der Waals surface area (Å²) in [5, 5.41) is 8.80. The summed E-state index contributed by atoms with van der Waals surface area (Å²) < 4.78 is 13.6. The van der Waals surface area contributed by atoms with Crippen molar-refractivity contribution >= 4 is 11.7 Å². The van der Waals surface area contributed by atoms with Gasteiger partial charge in [0.25, 0.3) is 0 Å². The first kappa shape index (κ1) is 12.7. The van der Waals surface area contributed by atoms with Crippen molar-refractivity contribution in [3.63, 3.8) is 0 Å². The Balaban J connectivity index is 1.71. The lowest BCUT2D eigenvalue weighted by atomic mass is 9.91. The fraction of sp³-hybridized carbons (Fsp3) is 0.188. The highest BCUT2D eigenvalue weighted by molar-refractivity contribution is 5.88. The molecule has 0 aromatic heterocycles. The zero-order valence-electron chi connectivity index (χ0n) is 10.8. The van der Waals surface area contributed by atoms with Crippen molar-refractivity contribution in [3.8, 4) is 0 Å². The molecule has 0 amide bonds. The lowest BCUT2D eigenvalue weighted by Crippen LogP contribution is -2.45. The van der Waals surface area contributed by atoms with E-state index < -0.39 is 11.8 Å². The van der Waals surface area contributed by atoms with Crippen LogP contribution in [0.4, 0.5) is 10.1 Å². The highest BCUT2D eigenvalue weighted by Crippen LogP contribution is 2.32. The number of hydrogen-bond donors (Lipinski definition) is 1. The van der Waals surface area contributed by atoms with Gasteiger partial charge in [-0.05, 0) is 23.8 Å². The molecule has 2 aromatic rings. The second kappa shape index (κ2) is 4.96. The third kappa shape index (κ3) is 2.25. The first-order valence-electron chi connectivity index (χ1n) is 6.48. The van der Waals surface area contributed by atoms with Crippen molar-refractivity contribution < 1.29 is 14.3 Å². The van der Waals surface area contributed by atoms with Crippen molar-refractivity contribution in [2.24, 2.45) is 0 Å². The fourth-order valence-electron chi connectivity index (χ4n) is 2.50. The quantitative estimate of drug-likeness (QED) is 0.932. The van der Waals surface area contributed by atoms with E-state index in [-0.39, 0.29) is 5.56 Å². The molecule has 3 rings (SSSR count). The maximum absolute atomic E-state index is 13.6. The Labute approximate surface area is 116 Å². The number of hydrogen-bond acceptors (Lipinski definition) is 2. The van der Waals surface area contributed by atoms with Crippen LogP contribution in [0.3, 0.4) is 0 Å². The number of benzene rings is 2. The highest BCUT2D eigenvalue weighted by atomic mass is 19.1. The third-order valence-electron chi connectivity index (χ3n) is 3.70. The Kier molecular flexibility index (Phi) is 3.14. The van der Waals surface area contributed by atoms with E-state index in [1.165, 1.54) is 17.7 Å². The van der Waals surface area contributed by atoms with E-state index in [1.807, 2.05) is 23.1 Å². The normalized spacial score (nSPS) is 14.9. The van der Waals surface area contributed by atoms with Crippen LogP contribution in [0, 0.1) is 5.82 Å². The van der Waals surface area contributed by atoms with Crippen LogP contribution in [0.25, 0.3) is 0 Å². The topological polar surface area (TPSA) is 40.5 Å². The van der Waals surface area contributed by atoms with Crippen molar-refractivity contribution in [2.75, 3.05) is 18.0 Å². The predicted molar refractivity (Wildman–Crippen MR) is 74.8 cm³/mol. The zero-order valence-corrected chi connectivity index (χ0v) is 10.8. The minimum absolute atomic E-state index is 0.283. The second-order valence-corrected chi connectivity index (χ2v) is 4.98. The van der Waals surface area contributed by atoms with Gasteiger partial charge in [0.05, 0.1) is 5.56 Å². The first-order chi connectivity index (χ1) is 9.65. The van der Waals surface area contributed by atoms with Crippen molar-refractivity contribution in [3.05, 3.63) is 65.5 Å². The van der Waals surface area contributed by atoms with E-state index in [0.29, 0.717) is 5.92 Å². The summed E-state index contributed by atoms with van der Waals surface area (Å²) in [4.78, 5) is 12.8. The summed E-state index contributed by atoms with van der Waals surface area (Å²) in [6.45, 7) is 1.66. The molecule has 102 valence electrons. The van der Waals surface area contributed by atoms with E-state index in [0.717, 1.165) is 18.8 Å². The summed E-state index contributed by atoms with van der Waals surface area (Å²) in [5.41, 5.74) is 1.74. The molecule has 0 unspecified atom stereocenters. The summed E-state index contributed by atoms with van der Waals surface area (Å²) >= 11 is 0. The summed E-state index contributed by atoms with van der Waals surface area (Å²) in [7, 11) is 0. The Hall–Kier alpha value is -2.36. The van der Waals surface area contributed by atoms with Crippen molar-refractivity contribution in [1.82, 2.24) is 0 Å². The van der Waals surface area contributed by atoms with E-state index in [1.54, 1.807) is 6.07 Å². The number of rotatable bonds is 3. The number of anilines is 1. The van der Waals surface area contributed by atoms with Gasteiger partial charge >= 0.3 is 5.97 Å². The van der Waals surface area contributed by atoms with Gasteiger partial charge in [-0.2, -0.15) is 0 Å². The summed E-state index contributed by atoms with van der Waals surface area (Å²) in [5.74, 6) is -1.46. The molecule has 0 atom stereocenters. The molecule has 1 aliphatic heterocycles. The molecule has 3 nitrogen and oxygen atoms in total. The summed E-state index contributed by atoms with van der Waals surface area (Å²) in [6, 6.07) is 14.5. The average molecular weight is 271 g/mol. The zero-order chi connectivity index (χ0) is 14.1. The Morgan fingerprint density at radius 2 is 1.85 bits per heavy atom. The largest absolute Gasteiger partial charge is 0.478 e. The number of nitrogens with zero attached hydrogens (tertiary/aromatic N) is 1. The molecular formula is C16H14FNO2. The van der Waals surface area contributed by atoms with Crippen molar-refractivity contribution in [1.29, 1.82) is 0 Å². The van der Waals surface area contributed by atoms with Crippen LogP contribution in [-0.2, 0) is 0 Å². The molecular weight excluding hydrogens is 257 g/mol. The van der Waals surface area contributed by atoms with Gasteiger partial charge < -0.3 is 10.0 Å². The molecule has 20 heavy (non-hydrogen) atoms. The van der Waals surface area contributed by atoms with E-state index in [9.17, 15) is 9.18 Å². The van der Waals surface area contributed by atoms with Crippen LogP contribution in [0.5, 0.6) is 0 Å². The number of carbonyl (C=O) groups is 1. The average Bonchev–Trinajstić information content (AvgIpc) is 2.38.